The standard InChI is InChI=1S/C19H20N2O7S2/c1-13-7-9-15(10-8-13)29(24,25)20-14(2)19(23)28-12-11-21-18(22)16-5-3-4-6-17(16)30(21,26)27/h3-10,14,20H,11-12H2,1-2H3/t14-/m1/s1. The van der Waals surface area contributed by atoms with Gasteiger partial charge in [0.1, 0.15) is 17.5 Å². The molecule has 1 aliphatic heterocycles. The van der Waals surface area contributed by atoms with Gasteiger partial charge in [0.05, 0.1) is 17.0 Å². The van der Waals surface area contributed by atoms with Gasteiger partial charge in [0.25, 0.3) is 15.9 Å². The molecule has 1 heterocycles. The topological polar surface area (TPSA) is 127 Å². The number of rotatable bonds is 7. The van der Waals surface area contributed by atoms with E-state index >= 15 is 0 Å². The zero-order chi connectivity index (χ0) is 22.1. The maximum Gasteiger partial charge on any atom is 0.323 e. The number of hydrogen-bond donors (Lipinski definition) is 1. The maximum absolute atomic E-state index is 12.4. The quantitative estimate of drug-likeness (QED) is 0.622. The fourth-order valence-electron chi connectivity index (χ4n) is 2.87. The Morgan fingerprint density at radius 3 is 2.40 bits per heavy atom. The van der Waals surface area contributed by atoms with E-state index in [1.54, 1.807) is 18.2 Å². The van der Waals surface area contributed by atoms with Crippen LogP contribution in [0.5, 0.6) is 0 Å². The SMILES string of the molecule is Cc1ccc(S(=O)(=O)N[C@H](C)C(=O)OCCN2C(=O)c3ccccc3S2(=O)=O)cc1. The molecule has 160 valence electrons. The van der Waals surface area contributed by atoms with Crippen molar-refractivity contribution in [3.63, 3.8) is 0 Å². The van der Waals surface area contributed by atoms with Crippen molar-refractivity contribution in [1.82, 2.24) is 9.03 Å². The molecular formula is C19H20N2O7S2. The number of fused-ring (bicyclic) bond motifs is 1. The first-order valence-corrected chi connectivity index (χ1v) is 11.9. The van der Waals surface area contributed by atoms with Gasteiger partial charge in [-0.1, -0.05) is 29.8 Å². The summed E-state index contributed by atoms with van der Waals surface area (Å²) in [5.74, 6) is -1.60. The summed E-state index contributed by atoms with van der Waals surface area (Å²) in [5, 5.41) is 0. The van der Waals surface area contributed by atoms with Gasteiger partial charge in [-0.2, -0.15) is 4.72 Å². The molecule has 0 aromatic heterocycles. The van der Waals surface area contributed by atoms with Crippen molar-refractivity contribution in [1.29, 1.82) is 0 Å². The number of hydrogen-bond acceptors (Lipinski definition) is 7. The lowest BCUT2D eigenvalue weighted by molar-refractivity contribution is -0.145. The van der Waals surface area contributed by atoms with Gasteiger partial charge < -0.3 is 4.74 Å². The molecule has 0 saturated carbocycles. The average Bonchev–Trinajstić information content (AvgIpc) is 2.88. The average molecular weight is 453 g/mol. The Labute approximate surface area is 174 Å². The van der Waals surface area contributed by atoms with E-state index in [-0.39, 0.29) is 21.9 Å². The van der Waals surface area contributed by atoms with E-state index in [1.807, 2.05) is 6.92 Å². The van der Waals surface area contributed by atoms with Crippen LogP contribution in [0, 0.1) is 6.92 Å². The highest BCUT2D eigenvalue weighted by atomic mass is 32.2. The molecule has 1 atom stereocenters. The molecular weight excluding hydrogens is 432 g/mol. The van der Waals surface area contributed by atoms with Crippen LogP contribution in [0.2, 0.25) is 0 Å². The minimum absolute atomic E-state index is 0.000675. The first-order chi connectivity index (χ1) is 14.0. The number of nitrogens with one attached hydrogen (secondary N) is 1. The molecule has 0 fully saturated rings. The van der Waals surface area contributed by atoms with Crippen molar-refractivity contribution < 1.29 is 31.2 Å². The summed E-state index contributed by atoms with van der Waals surface area (Å²) in [6.45, 7) is 2.34. The molecule has 1 N–H and O–H groups in total. The van der Waals surface area contributed by atoms with E-state index in [2.05, 4.69) is 4.72 Å². The number of sulfonamides is 2. The largest absolute Gasteiger partial charge is 0.463 e. The zero-order valence-corrected chi connectivity index (χ0v) is 17.9. The summed E-state index contributed by atoms with van der Waals surface area (Å²) in [6, 6.07) is 10.7. The molecule has 0 saturated heterocycles. The Bertz CT molecular complexity index is 1190. The molecule has 0 bridgehead atoms. The van der Waals surface area contributed by atoms with Crippen molar-refractivity contribution in [2.45, 2.75) is 29.7 Å². The van der Waals surface area contributed by atoms with Gasteiger partial charge in [0.15, 0.2) is 0 Å². The lowest BCUT2D eigenvalue weighted by atomic mass is 10.2. The van der Waals surface area contributed by atoms with E-state index in [9.17, 15) is 26.4 Å². The van der Waals surface area contributed by atoms with E-state index in [0.717, 1.165) is 5.56 Å². The molecule has 1 amide bonds. The highest BCUT2D eigenvalue weighted by Gasteiger charge is 2.40. The Morgan fingerprint density at radius 2 is 1.77 bits per heavy atom. The van der Waals surface area contributed by atoms with E-state index in [0.29, 0.717) is 4.31 Å². The van der Waals surface area contributed by atoms with Crippen molar-refractivity contribution in [2.24, 2.45) is 0 Å². The molecule has 0 radical (unpaired) electrons. The van der Waals surface area contributed by atoms with E-state index < -0.39 is 44.6 Å². The highest BCUT2D eigenvalue weighted by Crippen LogP contribution is 2.29. The number of esters is 1. The Morgan fingerprint density at radius 1 is 1.13 bits per heavy atom. The predicted molar refractivity (Wildman–Crippen MR) is 107 cm³/mol. The fraction of sp³-hybridized carbons (Fsp3) is 0.263. The van der Waals surface area contributed by atoms with Gasteiger partial charge in [0.2, 0.25) is 10.0 Å². The minimum Gasteiger partial charge on any atom is -0.463 e. The predicted octanol–water partition coefficient (Wildman–Crippen LogP) is 1.05. The Kier molecular flexibility index (Phi) is 5.97. The van der Waals surface area contributed by atoms with Gasteiger partial charge in [-0.3, -0.25) is 9.59 Å². The van der Waals surface area contributed by atoms with Crippen molar-refractivity contribution in [3.05, 3.63) is 59.7 Å². The number of benzene rings is 2. The number of amides is 1. The third-order valence-electron chi connectivity index (χ3n) is 4.47. The third kappa shape index (κ3) is 4.23. The molecule has 30 heavy (non-hydrogen) atoms. The normalized spacial score (nSPS) is 16.2. The van der Waals surface area contributed by atoms with Crippen molar-refractivity contribution in [2.75, 3.05) is 13.2 Å². The molecule has 0 spiro atoms. The summed E-state index contributed by atoms with van der Waals surface area (Å²) >= 11 is 0. The molecule has 9 nitrogen and oxygen atoms in total. The van der Waals surface area contributed by atoms with Crippen LogP contribution in [-0.4, -0.2) is 52.2 Å². The second-order valence-electron chi connectivity index (χ2n) is 6.70. The summed E-state index contributed by atoms with van der Waals surface area (Å²) in [6.07, 6.45) is 0. The third-order valence-corrected chi connectivity index (χ3v) is 7.86. The maximum atomic E-state index is 12.4. The van der Waals surface area contributed by atoms with E-state index in [4.69, 9.17) is 4.74 Å². The molecule has 11 heteroatoms. The van der Waals surface area contributed by atoms with Gasteiger partial charge in [-0.05, 0) is 38.1 Å². The summed E-state index contributed by atoms with van der Waals surface area (Å²) < 4.78 is 57.4. The van der Waals surface area contributed by atoms with Crippen molar-refractivity contribution in [3.8, 4) is 0 Å². The summed E-state index contributed by atoms with van der Waals surface area (Å²) in [5.41, 5.74) is 0.943. The van der Waals surface area contributed by atoms with Crippen LogP contribution in [-0.2, 0) is 29.6 Å². The monoisotopic (exact) mass is 452 g/mol. The zero-order valence-electron chi connectivity index (χ0n) is 16.2. The number of carbonyl (C=O) groups is 2. The second-order valence-corrected chi connectivity index (χ2v) is 10.2. The van der Waals surface area contributed by atoms with Crippen LogP contribution in [0.1, 0.15) is 22.8 Å². The van der Waals surface area contributed by atoms with Crippen LogP contribution in [0.3, 0.4) is 0 Å². The Balaban J connectivity index is 1.58. The van der Waals surface area contributed by atoms with Crippen LogP contribution in [0.15, 0.2) is 58.3 Å². The second kappa shape index (κ2) is 8.17. The molecule has 0 unspecified atom stereocenters. The molecule has 0 aliphatic carbocycles. The van der Waals surface area contributed by atoms with Crippen LogP contribution >= 0.6 is 0 Å². The first kappa shape index (κ1) is 21.9. The number of ether oxygens (including phenoxy) is 1. The lowest BCUT2D eigenvalue weighted by Crippen LogP contribution is -2.41. The summed E-state index contributed by atoms with van der Waals surface area (Å²) in [7, 11) is -7.94. The number of nitrogens with zero attached hydrogens (tertiary/aromatic N) is 1. The molecule has 3 rings (SSSR count). The van der Waals surface area contributed by atoms with Crippen LogP contribution < -0.4 is 4.72 Å². The highest BCUT2D eigenvalue weighted by molar-refractivity contribution is 7.90. The van der Waals surface area contributed by atoms with Gasteiger partial charge >= 0.3 is 5.97 Å². The van der Waals surface area contributed by atoms with E-state index in [1.165, 1.54) is 37.3 Å². The van der Waals surface area contributed by atoms with Gasteiger partial charge in [0, 0.05) is 0 Å². The summed E-state index contributed by atoms with van der Waals surface area (Å²) in [4.78, 5) is 24.3. The minimum atomic E-state index is -4.00. The smallest absolute Gasteiger partial charge is 0.323 e. The van der Waals surface area contributed by atoms with Crippen LogP contribution in [0.25, 0.3) is 0 Å². The number of carbonyl (C=O) groups excluding carboxylic acids is 2. The van der Waals surface area contributed by atoms with Gasteiger partial charge in [-0.25, -0.2) is 21.1 Å². The molecule has 1 aliphatic rings. The van der Waals surface area contributed by atoms with Gasteiger partial charge in [-0.15, -0.1) is 0 Å². The Hall–Kier alpha value is -2.76. The number of aryl methyl sites for hydroxylation is 1. The van der Waals surface area contributed by atoms with Crippen LogP contribution in [0.4, 0.5) is 0 Å². The molecule has 2 aromatic carbocycles. The lowest BCUT2D eigenvalue weighted by Gasteiger charge is -2.17. The fourth-order valence-corrected chi connectivity index (χ4v) is 5.62. The van der Waals surface area contributed by atoms with Crippen molar-refractivity contribution >= 4 is 31.9 Å². The molecule has 2 aromatic rings. The first-order valence-electron chi connectivity index (χ1n) is 8.96.